The molecule has 1 saturated heterocycles. The summed E-state index contributed by atoms with van der Waals surface area (Å²) in [5, 5.41) is 7.70. The second-order valence-corrected chi connectivity index (χ2v) is 6.20. The summed E-state index contributed by atoms with van der Waals surface area (Å²) in [5.74, 6) is 2.06. The van der Waals surface area contributed by atoms with Crippen LogP contribution in [0.2, 0.25) is 0 Å². The first-order valence-corrected chi connectivity index (χ1v) is 8.04. The maximum atomic E-state index is 5.57. The summed E-state index contributed by atoms with van der Waals surface area (Å²) in [6.45, 7) is 1.06. The van der Waals surface area contributed by atoms with Crippen molar-refractivity contribution in [2.24, 2.45) is 0 Å². The van der Waals surface area contributed by atoms with E-state index in [1.165, 1.54) is 24.0 Å². The first kappa shape index (κ1) is 13.0. The number of aromatic nitrogens is 2. The average Bonchev–Trinajstić information content (AvgIpc) is 3.05. The van der Waals surface area contributed by atoms with E-state index in [1.54, 1.807) is 0 Å². The molecule has 0 saturated carbocycles. The van der Waals surface area contributed by atoms with Crippen LogP contribution >= 0.6 is 0 Å². The molecule has 1 aromatic carbocycles. The molecule has 2 aliphatic rings. The van der Waals surface area contributed by atoms with E-state index in [0.29, 0.717) is 5.92 Å². The van der Waals surface area contributed by atoms with Gasteiger partial charge in [-0.15, -0.1) is 0 Å². The van der Waals surface area contributed by atoms with Crippen molar-refractivity contribution in [2.75, 3.05) is 6.54 Å². The van der Waals surface area contributed by atoms with Gasteiger partial charge in [-0.3, -0.25) is 0 Å². The average molecular weight is 283 g/mol. The van der Waals surface area contributed by atoms with E-state index in [9.17, 15) is 0 Å². The Balaban J connectivity index is 1.51. The molecular weight excluding hydrogens is 262 g/mol. The van der Waals surface area contributed by atoms with Crippen LogP contribution in [0.1, 0.15) is 60.5 Å². The van der Waals surface area contributed by atoms with Gasteiger partial charge in [0.15, 0.2) is 5.82 Å². The Labute approximate surface area is 124 Å². The molecule has 4 rings (SSSR count). The second-order valence-electron chi connectivity index (χ2n) is 6.20. The Hall–Kier alpha value is -1.68. The van der Waals surface area contributed by atoms with Crippen LogP contribution in [0.25, 0.3) is 0 Å². The molecule has 0 spiro atoms. The summed E-state index contributed by atoms with van der Waals surface area (Å²) < 4.78 is 5.57. The van der Waals surface area contributed by atoms with Crippen LogP contribution in [0.3, 0.4) is 0 Å². The summed E-state index contributed by atoms with van der Waals surface area (Å²) in [5.41, 5.74) is 2.91. The van der Waals surface area contributed by atoms with Crippen molar-refractivity contribution in [1.29, 1.82) is 0 Å². The number of fused-ring (bicyclic) bond motifs is 1. The van der Waals surface area contributed by atoms with E-state index in [-0.39, 0.29) is 6.04 Å². The van der Waals surface area contributed by atoms with Crippen LogP contribution in [-0.2, 0) is 12.8 Å². The van der Waals surface area contributed by atoms with Crippen molar-refractivity contribution in [3.8, 4) is 0 Å². The van der Waals surface area contributed by atoms with Crippen molar-refractivity contribution < 1.29 is 4.52 Å². The van der Waals surface area contributed by atoms with Gasteiger partial charge in [0.1, 0.15) is 0 Å². The molecule has 2 unspecified atom stereocenters. The van der Waals surface area contributed by atoms with Gasteiger partial charge in [0.05, 0.1) is 6.04 Å². The molecule has 2 atom stereocenters. The van der Waals surface area contributed by atoms with E-state index in [2.05, 4.69) is 34.7 Å². The SMILES string of the molecule is c1ccc2c(c1)CCC(c1nc(C3CCCCN3)no1)C2. The lowest BCUT2D eigenvalue weighted by Gasteiger charge is -2.22. The standard InChI is InChI=1S/C17H21N3O/c1-2-6-13-11-14(9-8-12(13)5-1)17-19-16(20-21-17)15-7-3-4-10-18-15/h1-2,5-6,14-15,18H,3-4,7-11H2. The molecule has 1 N–H and O–H groups in total. The Morgan fingerprint density at radius 3 is 2.86 bits per heavy atom. The lowest BCUT2D eigenvalue weighted by atomic mass is 9.84. The molecule has 110 valence electrons. The summed E-state index contributed by atoms with van der Waals surface area (Å²) in [6, 6.07) is 8.98. The summed E-state index contributed by atoms with van der Waals surface area (Å²) in [6.07, 6.45) is 6.86. The Kier molecular flexibility index (Phi) is 3.47. The predicted molar refractivity (Wildman–Crippen MR) is 80.1 cm³/mol. The number of nitrogens with zero attached hydrogens (tertiary/aromatic N) is 2. The van der Waals surface area contributed by atoms with Crippen LogP contribution in [0.5, 0.6) is 0 Å². The molecule has 0 radical (unpaired) electrons. The first-order chi connectivity index (χ1) is 10.4. The third-order valence-corrected chi connectivity index (χ3v) is 4.78. The molecule has 0 bridgehead atoms. The highest BCUT2D eigenvalue weighted by Gasteiger charge is 2.27. The highest BCUT2D eigenvalue weighted by atomic mass is 16.5. The number of hydrogen-bond acceptors (Lipinski definition) is 4. The van der Waals surface area contributed by atoms with E-state index in [1.807, 2.05) is 0 Å². The van der Waals surface area contributed by atoms with Gasteiger partial charge in [0, 0.05) is 5.92 Å². The highest BCUT2D eigenvalue weighted by Crippen LogP contribution is 2.32. The van der Waals surface area contributed by atoms with Crippen LogP contribution in [-0.4, -0.2) is 16.7 Å². The lowest BCUT2D eigenvalue weighted by molar-refractivity contribution is 0.326. The normalized spacial score (nSPS) is 25.5. The zero-order valence-corrected chi connectivity index (χ0v) is 12.2. The zero-order chi connectivity index (χ0) is 14.1. The van der Waals surface area contributed by atoms with Crippen molar-refractivity contribution in [1.82, 2.24) is 15.5 Å². The van der Waals surface area contributed by atoms with Crippen LogP contribution in [0, 0.1) is 0 Å². The van der Waals surface area contributed by atoms with Gasteiger partial charge in [-0.2, -0.15) is 4.98 Å². The Morgan fingerprint density at radius 1 is 1.10 bits per heavy atom. The molecule has 4 heteroatoms. The number of nitrogens with one attached hydrogen (secondary N) is 1. The van der Waals surface area contributed by atoms with Crippen molar-refractivity contribution in [2.45, 2.75) is 50.5 Å². The van der Waals surface area contributed by atoms with Crippen LogP contribution in [0.15, 0.2) is 28.8 Å². The molecular formula is C17H21N3O. The number of aryl methyl sites for hydroxylation is 1. The molecule has 4 nitrogen and oxygen atoms in total. The summed E-state index contributed by atoms with van der Waals surface area (Å²) in [4.78, 5) is 4.69. The largest absolute Gasteiger partial charge is 0.339 e. The molecule has 2 aromatic rings. The summed E-state index contributed by atoms with van der Waals surface area (Å²) >= 11 is 0. The van der Waals surface area contributed by atoms with Crippen LogP contribution in [0.4, 0.5) is 0 Å². The highest BCUT2D eigenvalue weighted by molar-refractivity contribution is 5.31. The van der Waals surface area contributed by atoms with Gasteiger partial charge in [-0.05, 0) is 49.8 Å². The van der Waals surface area contributed by atoms with E-state index in [0.717, 1.165) is 43.9 Å². The fourth-order valence-corrected chi connectivity index (χ4v) is 3.54. The second kappa shape index (κ2) is 5.60. The molecule has 21 heavy (non-hydrogen) atoms. The Morgan fingerprint density at radius 2 is 2.00 bits per heavy atom. The van der Waals surface area contributed by atoms with Crippen molar-refractivity contribution in [3.63, 3.8) is 0 Å². The van der Waals surface area contributed by atoms with Gasteiger partial charge in [-0.25, -0.2) is 0 Å². The number of hydrogen-bond donors (Lipinski definition) is 1. The van der Waals surface area contributed by atoms with Gasteiger partial charge in [0.25, 0.3) is 0 Å². The van der Waals surface area contributed by atoms with Gasteiger partial charge >= 0.3 is 0 Å². The minimum atomic E-state index is 0.284. The van der Waals surface area contributed by atoms with Crippen molar-refractivity contribution >= 4 is 0 Å². The third kappa shape index (κ3) is 2.60. The van der Waals surface area contributed by atoms with E-state index < -0.39 is 0 Å². The molecule has 0 amide bonds. The fourth-order valence-electron chi connectivity index (χ4n) is 3.54. The monoisotopic (exact) mass is 283 g/mol. The number of rotatable bonds is 2. The van der Waals surface area contributed by atoms with Crippen LogP contribution < -0.4 is 5.32 Å². The molecule has 1 aliphatic carbocycles. The molecule has 1 aromatic heterocycles. The summed E-state index contributed by atoms with van der Waals surface area (Å²) in [7, 11) is 0. The van der Waals surface area contributed by atoms with E-state index in [4.69, 9.17) is 9.51 Å². The van der Waals surface area contributed by atoms with Gasteiger partial charge in [0.2, 0.25) is 5.89 Å². The lowest BCUT2D eigenvalue weighted by Crippen LogP contribution is -2.27. The van der Waals surface area contributed by atoms with Gasteiger partial charge in [-0.1, -0.05) is 35.8 Å². The number of piperidine rings is 1. The molecule has 2 heterocycles. The minimum absolute atomic E-state index is 0.284. The first-order valence-electron chi connectivity index (χ1n) is 8.04. The third-order valence-electron chi connectivity index (χ3n) is 4.78. The Bertz CT molecular complexity index is 616. The smallest absolute Gasteiger partial charge is 0.230 e. The minimum Gasteiger partial charge on any atom is -0.339 e. The molecule has 1 aliphatic heterocycles. The molecule has 1 fully saturated rings. The van der Waals surface area contributed by atoms with Gasteiger partial charge < -0.3 is 9.84 Å². The predicted octanol–water partition coefficient (Wildman–Crippen LogP) is 3.16. The zero-order valence-electron chi connectivity index (χ0n) is 12.2. The topological polar surface area (TPSA) is 51.0 Å². The maximum absolute atomic E-state index is 5.57. The van der Waals surface area contributed by atoms with E-state index >= 15 is 0 Å². The number of benzene rings is 1. The maximum Gasteiger partial charge on any atom is 0.230 e. The quantitative estimate of drug-likeness (QED) is 0.920. The van der Waals surface area contributed by atoms with Crippen molar-refractivity contribution in [3.05, 3.63) is 47.1 Å². The fraction of sp³-hybridized carbons (Fsp3) is 0.529.